The Morgan fingerprint density at radius 2 is 1.62 bits per heavy atom. The monoisotopic (exact) mass is 242 g/mol. The van der Waals surface area contributed by atoms with Gasteiger partial charge in [-0.15, -0.1) is 0 Å². The number of esters is 1. The highest BCUT2D eigenvalue weighted by atomic mass is 19.4. The predicted molar refractivity (Wildman–Crippen MR) is 47.7 cm³/mol. The third-order valence-electron chi connectivity index (χ3n) is 2.13. The van der Waals surface area contributed by atoms with Crippen LogP contribution in [0.25, 0.3) is 0 Å². The minimum atomic E-state index is -5.08. The van der Waals surface area contributed by atoms with Crippen LogP contribution in [-0.4, -0.2) is 30.3 Å². The smallest absolute Gasteiger partial charge is 0.475 e. The van der Waals surface area contributed by atoms with Gasteiger partial charge in [-0.3, -0.25) is 4.79 Å². The second-order valence-corrected chi connectivity index (χ2v) is 3.31. The highest BCUT2D eigenvalue weighted by molar-refractivity contribution is 5.73. The molecule has 1 aliphatic carbocycles. The number of alkyl halides is 3. The number of carbonyl (C=O) groups is 2. The van der Waals surface area contributed by atoms with Crippen LogP contribution in [0.1, 0.15) is 25.7 Å². The van der Waals surface area contributed by atoms with E-state index in [9.17, 15) is 18.0 Å². The standard InChI is InChI=1S/C7H12O2.C2HF3O2/c1-9-7(8)6-4-2-3-5-6;3-2(4,5)1(6)7/h6H,2-5H2,1H3;(H,6,7). The summed E-state index contributed by atoms with van der Waals surface area (Å²) in [5.74, 6) is -2.56. The Hall–Kier alpha value is -1.27. The van der Waals surface area contributed by atoms with Gasteiger partial charge in [0.2, 0.25) is 0 Å². The summed E-state index contributed by atoms with van der Waals surface area (Å²) in [7, 11) is 1.46. The molecule has 0 unspecified atom stereocenters. The summed E-state index contributed by atoms with van der Waals surface area (Å²) in [5.41, 5.74) is 0. The molecule has 0 radical (unpaired) electrons. The van der Waals surface area contributed by atoms with Crippen LogP contribution in [0.5, 0.6) is 0 Å². The molecule has 0 aromatic carbocycles. The number of carboxylic acids is 1. The normalized spacial score (nSPS) is 16.2. The number of carboxylic acid groups (broad SMARTS) is 1. The molecule has 1 saturated carbocycles. The fourth-order valence-corrected chi connectivity index (χ4v) is 1.33. The molecule has 1 N–H and O–H groups in total. The van der Waals surface area contributed by atoms with Crippen LogP contribution < -0.4 is 0 Å². The zero-order valence-electron chi connectivity index (χ0n) is 8.71. The van der Waals surface area contributed by atoms with Gasteiger partial charge in [-0.05, 0) is 12.8 Å². The molecule has 0 aliphatic heterocycles. The van der Waals surface area contributed by atoms with E-state index in [-0.39, 0.29) is 11.9 Å². The van der Waals surface area contributed by atoms with E-state index in [1.165, 1.54) is 20.0 Å². The summed E-state index contributed by atoms with van der Waals surface area (Å²) in [4.78, 5) is 19.7. The molecule has 0 aromatic rings. The Labute approximate surface area is 90.4 Å². The van der Waals surface area contributed by atoms with Crippen molar-refractivity contribution in [3.05, 3.63) is 0 Å². The quantitative estimate of drug-likeness (QED) is 0.714. The van der Waals surface area contributed by atoms with Crippen molar-refractivity contribution < 1.29 is 32.6 Å². The Bertz CT molecular complexity index is 244. The highest BCUT2D eigenvalue weighted by Crippen LogP contribution is 2.25. The molecule has 0 amide bonds. The average Bonchev–Trinajstić information content (AvgIpc) is 2.69. The van der Waals surface area contributed by atoms with Crippen LogP contribution in [0.3, 0.4) is 0 Å². The van der Waals surface area contributed by atoms with Gasteiger partial charge in [0, 0.05) is 0 Å². The van der Waals surface area contributed by atoms with Crippen molar-refractivity contribution in [1.82, 2.24) is 0 Å². The fourth-order valence-electron chi connectivity index (χ4n) is 1.33. The van der Waals surface area contributed by atoms with E-state index < -0.39 is 12.1 Å². The first-order chi connectivity index (χ1) is 7.29. The molecule has 0 spiro atoms. The van der Waals surface area contributed by atoms with Gasteiger partial charge in [0.15, 0.2) is 0 Å². The third-order valence-corrected chi connectivity index (χ3v) is 2.13. The molecule has 1 rings (SSSR count). The Morgan fingerprint density at radius 3 is 1.88 bits per heavy atom. The van der Waals surface area contributed by atoms with Crippen LogP contribution in [0, 0.1) is 5.92 Å². The zero-order valence-corrected chi connectivity index (χ0v) is 8.71. The largest absolute Gasteiger partial charge is 0.490 e. The number of hydrogen-bond donors (Lipinski definition) is 1. The van der Waals surface area contributed by atoms with Gasteiger partial charge in [0.05, 0.1) is 13.0 Å². The number of rotatable bonds is 1. The summed E-state index contributed by atoms with van der Waals surface area (Å²) in [6, 6.07) is 0. The van der Waals surface area contributed by atoms with Crippen molar-refractivity contribution in [1.29, 1.82) is 0 Å². The molecule has 1 fully saturated rings. The van der Waals surface area contributed by atoms with Crippen molar-refractivity contribution in [3.63, 3.8) is 0 Å². The maximum Gasteiger partial charge on any atom is 0.490 e. The third kappa shape index (κ3) is 5.57. The Morgan fingerprint density at radius 1 is 1.25 bits per heavy atom. The summed E-state index contributed by atoms with van der Waals surface area (Å²) in [6.07, 6.45) is -0.626. The van der Waals surface area contributed by atoms with Crippen molar-refractivity contribution in [3.8, 4) is 0 Å². The molecule has 1 aliphatic rings. The lowest BCUT2D eigenvalue weighted by Crippen LogP contribution is -2.21. The lowest BCUT2D eigenvalue weighted by molar-refractivity contribution is -0.192. The van der Waals surface area contributed by atoms with E-state index in [4.69, 9.17) is 9.90 Å². The molecule has 94 valence electrons. The lowest BCUT2D eigenvalue weighted by atomic mass is 10.1. The number of aliphatic carboxylic acids is 1. The van der Waals surface area contributed by atoms with Gasteiger partial charge in [0.25, 0.3) is 0 Å². The Balaban J connectivity index is 0.000000293. The molecule has 4 nitrogen and oxygen atoms in total. The minimum absolute atomic E-state index is 0.0208. The van der Waals surface area contributed by atoms with Gasteiger partial charge in [-0.2, -0.15) is 13.2 Å². The van der Waals surface area contributed by atoms with Crippen molar-refractivity contribution in [2.24, 2.45) is 5.92 Å². The summed E-state index contributed by atoms with van der Waals surface area (Å²) in [5, 5.41) is 7.12. The number of methoxy groups -OCH3 is 1. The molecule has 16 heavy (non-hydrogen) atoms. The SMILES string of the molecule is COC(=O)C1CCCC1.O=C(O)C(F)(F)F. The molecule has 0 bridgehead atoms. The molecular weight excluding hydrogens is 229 g/mol. The van der Waals surface area contributed by atoms with Gasteiger partial charge in [-0.25, -0.2) is 4.79 Å². The maximum atomic E-state index is 10.8. The number of carbonyl (C=O) groups excluding carboxylic acids is 1. The van der Waals surface area contributed by atoms with E-state index in [1.807, 2.05) is 0 Å². The number of hydrogen-bond acceptors (Lipinski definition) is 3. The van der Waals surface area contributed by atoms with Crippen LogP contribution in [0.2, 0.25) is 0 Å². The number of halogens is 3. The fraction of sp³-hybridized carbons (Fsp3) is 0.778. The Kier molecular flexibility index (Phi) is 5.84. The van der Waals surface area contributed by atoms with Crippen molar-refractivity contribution in [2.45, 2.75) is 31.9 Å². The van der Waals surface area contributed by atoms with Crippen LogP contribution in [0.15, 0.2) is 0 Å². The summed E-state index contributed by atoms with van der Waals surface area (Å²) in [6.45, 7) is 0. The van der Waals surface area contributed by atoms with E-state index >= 15 is 0 Å². The summed E-state index contributed by atoms with van der Waals surface area (Å²) >= 11 is 0. The first kappa shape index (κ1) is 14.7. The van der Waals surface area contributed by atoms with Crippen molar-refractivity contribution in [2.75, 3.05) is 7.11 Å². The lowest BCUT2D eigenvalue weighted by Gasteiger charge is -2.03. The topological polar surface area (TPSA) is 63.6 Å². The van der Waals surface area contributed by atoms with Gasteiger partial charge < -0.3 is 9.84 Å². The van der Waals surface area contributed by atoms with E-state index in [0.717, 1.165) is 12.8 Å². The second kappa shape index (κ2) is 6.34. The van der Waals surface area contributed by atoms with Gasteiger partial charge >= 0.3 is 18.1 Å². The minimum Gasteiger partial charge on any atom is -0.475 e. The molecule has 7 heteroatoms. The molecule has 0 aromatic heterocycles. The van der Waals surface area contributed by atoms with Gasteiger partial charge in [-0.1, -0.05) is 12.8 Å². The molecular formula is C9H13F3O4. The summed E-state index contributed by atoms with van der Waals surface area (Å²) < 4.78 is 36.3. The number of ether oxygens (including phenoxy) is 1. The highest BCUT2D eigenvalue weighted by Gasteiger charge is 2.38. The van der Waals surface area contributed by atoms with Gasteiger partial charge in [0.1, 0.15) is 0 Å². The first-order valence-corrected chi connectivity index (χ1v) is 4.67. The van der Waals surface area contributed by atoms with Crippen LogP contribution in [-0.2, 0) is 14.3 Å². The van der Waals surface area contributed by atoms with E-state index in [1.54, 1.807) is 0 Å². The van der Waals surface area contributed by atoms with E-state index in [2.05, 4.69) is 4.74 Å². The zero-order chi connectivity index (χ0) is 12.8. The van der Waals surface area contributed by atoms with Crippen LogP contribution in [0.4, 0.5) is 13.2 Å². The predicted octanol–water partition coefficient (Wildman–Crippen LogP) is 1.98. The van der Waals surface area contributed by atoms with Crippen LogP contribution >= 0.6 is 0 Å². The molecule has 0 atom stereocenters. The molecule has 0 heterocycles. The first-order valence-electron chi connectivity index (χ1n) is 4.67. The molecule has 0 saturated heterocycles. The second-order valence-electron chi connectivity index (χ2n) is 3.31. The maximum absolute atomic E-state index is 10.8. The van der Waals surface area contributed by atoms with Crippen molar-refractivity contribution >= 4 is 11.9 Å². The van der Waals surface area contributed by atoms with E-state index in [0.29, 0.717) is 0 Å². The average molecular weight is 242 g/mol.